The van der Waals surface area contributed by atoms with E-state index in [1.807, 2.05) is 0 Å². The molecule has 1 atom stereocenters. The molecule has 7 heteroatoms. The zero-order valence-corrected chi connectivity index (χ0v) is 14.1. The topological polar surface area (TPSA) is 41.6 Å². The lowest BCUT2D eigenvalue weighted by molar-refractivity contribution is 0.0161. The van der Waals surface area contributed by atoms with Gasteiger partial charge < -0.3 is 10.1 Å². The zero-order chi connectivity index (χ0) is 18.5. The van der Waals surface area contributed by atoms with Crippen LogP contribution in [0.25, 0.3) is 0 Å². The van der Waals surface area contributed by atoms with E-state index in [-0.39, 0.29) is 18.4 Å². The van der Waals surface area contributed by atoms with Gasteiger partial charge in [-0.15, -0.1) is 0 Å². The van der Waals surface area contributed by atoms with Gasteiger partial charge in [-0.3, -0.25) is 9.69 Å². The maximum absolute atomic E-state index is 13.8. The van der Waals surface area contributed by atoms with Crippen molar-refractivity contribution in [2.24, 2.45) is 0 Å². The first kappa shape index (κ1) is 18.4. The molecule has 1 heterocycles. The van der Waals surface area contributed by atoms with E-state index in [0.29, 0.717) is 31.9 Å². The molecule has 1 amide bonds. The maximum Gasteiger partial charge on any atom is 0.257 e. The molecule has 1 N–H and O–H groups in total. The number of carbonyl (C=O) groups excluding carboxylic acids is 1. The van der Waals surface area contributed by atoms with Crippen LogP contribution in [0.4, 0.5) is 13.2 Å². The third-order valence-corrected chi connectivity index (χ3v) is 4.37. The van der Waals surface area contributed by atoms with E-state index in [0.717, 1.165) is 12.1 Å². The molecule has 2 aromatic rings. The highest BCUT2D eigenvalue weighted by Gasteiger charge is 2.25. The Bertz CT molecular complexity index is 759. The Morgan fingerprint density at radius 1 is 1.08 bits per heavy atom. The fourth-order valence-corrected chi connectivity index (χ4v) is 3.05. The minimum atomic E-state index is -0.920. The predicted octanol–water partition coefficient (Wildman–Crippen LogP) is 2.91. The number of morpholine rings is 1. The summed E-state index contributed by atoms with van der Waals surface area (Å²) >= 11 is 0. The molecule has 1 aliphatic heterocycles. The third kappa shape index (κ3) is 4.23. The van der Waals surface area contributed by atoms with Crippen LogP contribution >= 0.6 is 0 Å². The van der Waals surface area contributed by atoms with Gasteiger partial charge in [-0.05, 0) is 29.8 Å². The SMILES string of the molecule is O=C(NCC(c1cccc(F)c1)N1CCOCC1)c1c(F)cccc1F. The molecule has 0 aromatic heterocycles. The van der Waals surface area contributed by atoms with Gasteiger partial charge in [-0.25, -0.2) is 13.2 Å². The molecular formula is C19H19F3N2O2. The molecule has 1 unspecified atom stereocenters. The van der Waals surface area contributed by atoms with Crippen LogP contribution in [0.5, 0.6) is 0 Å². The summed E-state index contributed by atoms with van der Waals surface area (Å²) in [5.41, 5.74) is 0.0636. The van der Waals surface area contributed by atoms with Crippen molar-refractivity contribution in [1.82, 2.24) is 10.2 Å². The number of amides is 1. The summed E-state index contributed by atoms with van der Waals surface area (Å²) in [6, 6.07) is 9.03. The highest BCUT2D eigenvalue weighted by Crippen LogP contribution is 2.22. The Morgan fingerprint density at radius 2 is 1.73 bits per heavy atom. The van der Waals surface area contributed by atoms with Crippen LogP contribution in [-0.4, -0.2) is 43.7 Å². The van der Waals surface area contributed by atoms with Crippen LogP contribution in [0.2, 0.25) is 0 Å². The number of hydrogen-bond donors (Lipinski definition) is 1. The lowest BCUT2D eigenvalue weighted by Gasteiger charge is -2.35. The normalized spacial score (nSPS) is 16.3. The molecule has 0 aliphatic carbocycles. The minimum Gasteiger partial charge on any atom is -0.379 e. The molecule has 0 bridgehead atoms. The molecule has 2 aromatic carbocycles. The fraction of sp³-hybridized carbons (Fsp3) is 0.316. The van der Waals surface area contributed by atoms with Gasteiger partial charge >= 0.3 is 0 Å². The van der Waals surface area contributed by atoms with Crippen LogP contribution in [0.1, 0.15) is 22.0 Å². The summed E-state index contributed by atoms with van der Waals surface area (Å²) in [5, 5.41) is 2.57. The maximum atomic E-state index is 13.8. The van der Waals surface area contributed by atoms with E-state index in [1.165, 1.54) is 18.2 Å². The first-order valence-electron chi connectivity index (χ1n) is 8.35. The number of nitrogens with zero attached hydrogens (tertiary/aromatic N) is 1. The Balaban J connectivity index is 1.78. The van der Waals surface area contributed by atoms with Crippen LogP contribution in [-0.2, 0) is 4.74 Å². The summed E-state index contributed by atoms with van der Waals surface area (Å²) in [7, 11) is 0. The Morgan fingerprint density at radius 3 is 2.38 bits per heavy atom. The summed E-state index contributed by atoms with van der Waals surface area (Å²) in [6.45, 7) is 2.38. The molecule has 0 radical (unpaired) electrons. The first-order chi connectivity index (χ1) is 12.6. The molecule has 1 aliphatic rings. The fourth-order valence-electron chi connectivity index (χ4n) is 3.05. The molecule has 3 rings (SSSR count). The van der Waals surface area contributed by atoms with E-state index in [4.69, 9.17) is 4.74 Å². The van der Waals surface area contributed by atoms with Gasteiger partial charge in [0, 0.05) is 19.6 Å². The van der Waals surface area contributed by atoms with Crippen molar-refractivity contribution in [3.63, 3.8) is 0 Å². The van der Waals surface area contributed by atoms with Gasteiger partial charge in [0.25, 0.3) is 5.91 Å². The molecule has 138 valence electrons. The summed E-state index contributed by atoms with van der Waals surface area (Å²) in [4.78, 5) is 14.3. The molecule has 0 saturated carbocycles. The number of benzene rings is 2. The van der Waals surface area contributed by atoms with Crippen LogP contribution in [0.3, 0.4) is 0 Å². The number of halogens is 3. The minimum absolute atomic E-state index is 0.0933. The number of ether oxygens (including phenoxy) is 1. The largest absolute Gasteiger partial charge is 0.379 e. The molecule has 1 fully saturated rings. The third-order valence-electron chi connectivity index (χ3n) is 4.37. The second-order valence-corrected chi connectivity index (χ2v) is 6.03. The standard InChI is InChI=1S/C19H19F3N2O2/c20-14-4-1-3-13(11-14)17(24-7-9-26-10-8-24)12-23-19(25)18-15(21)5-2-6-16(18)22/h1-6,11,17H,7-10,12H2,(H,23,25). The number of carbonyl (C=O) groups is 1. The molecular weight excluding hydrogens is 345 g/mol. The summed E-state index contributed by atoms with van der Waals surface area (Å²) in [5.74, 6) is -3.06. The average molecular weight is 364 g/mol. The van der Waals surface area contributed by atoms with E-state index in [9.17, 15) is 18.0 Å². The second kappa shape index (κ2) is 8.33. The smallest absolute Gasteiger partial charge is 0.257 e. The number of hydrogen-bond acceptors (Lipinski definition) is 3. The highest BCUT2D eigenvalue weighted by atomic mass is 19.1. The molecule has 0 spiro atoms. The Hall–Kier alpha value is -2.38. The Labute approximate surface area is 149 Å². The highest BCUT2D eigenvalue weighted by molar-refractivity contribution is 5.94. The van der Waals surface area contributed by atoms with E-state index in [1.54, 1.807) is 12.1 Å². The van der Waals surface area contributed by atoms with Crippen molar-refractivity contribution < 1.29 is 22.7 Å². The molecule has 1 saturated heterocycles. The van der Waals surface area contributed by atoms with Crippen molar-refractivity contribution in [3.8, 4) is 0 Å². The predicted molar refractivity (Wildman–Crippen MR) is 90.2 cm³/mol. The lowest BCUT2D eigenvalue weighted by atomic mass is 10.0. The lowest BCUT2D eigenvalue weighted by Crippen LogP contribution is -2.44. The van der Waals surface area contributed by atoms with Crippen LogP contribution in [0, 0.1) is 17.5 Å². The summed E-state index contributed by atoms with van der Waals surface area (Å²) < 4.78 is 46.5. The number of nitrogens with one attached hydrogen (secondary N) is 1. The van der Waals surface area contributed by atoms with Crippen LogP contribution in [0.15, 0.2) is 42.5 Å². The van der Waals surface area contributed by atoms with Crippen molar-refractivity contribution in [2.75, 3.05) is 32.8 Å². The molecule has 26 heavy (non-hydrogen) atoms. The Kier molecular flexibility index (Phi) is 5.90. The van der Waals surface area contributed by atoms with Gasteiger partial charge in [0.05, 0.1) is 19.3 Å². The average Bonchev–Trinajstić information content (AvgIpc) is 2.63. The summed E-state index contributed by atoms with van der Waals surface area (Å²) in [6.07, 6.45) is 0. The van der Waals surface area contributed by atoms with Gasteiger partial charge in [-0.1, -0.05) is 18.2 Å². The quantitative estimate of drug-likeness (QED) is 0.887. The van der Waals surface area contributed by atoms with Crippen molar-refractivity contribution >= 4 is 5.91 Å². The van der Waals surface area contributed by atoms with Gasteiger partial charge in [0.15, 0.2) is 0 Å². The van der Waals surface area contributed by atoms with Gasteiger partial charge in [0.2, 0.25) is 0 Å². The second-order valence-electron chi connectivity index (χ2n) is 6.03. The van der Waals surface area contributed by atoms with Gasteiger partial charge in [-0.2, -0.15) is 0 Å². The monoisotopic (exact) mass is 364 g/mol. The van der Waals surface area contributed by atoms with Gasteiger partial charge in [0.1, 0.15) is 23.0 Å². The van der Waals surface area contributed by atoms with Crippen molar-refractivity contribution in [1.29, 1.82) is 0 Å². The first-order valence-corrected chi connectivity index (χ1v) is 8.35. The zero-order valence-electron chi connectivity index (χ0n) is 14.1. The molecule has 4 nitrogen and oxygen atoms in total. The van der Waals surface area contributed by atoms with E-state index >= 15 is 0 Å². The van der Waals surface area contributed by atoms with Crippen molar-refractivity contribution in [3.05, 3.63) is 71.0 Å². The van der Waals surface area contributed by atoms with Crippen molar-refractivity contribution in [2.45, 2.75) is 6.04 Å². The van der Waals surface area contributed by atoms with E-state index in [2.05, 4.69) is 10.2 Å². The van der Waals surface area contributed by atoms with Crippen LogP contribution < -0.4 is 5.32 Å². The number of rotatable bonds is 5. The van der Waals surface area contributed by atoms with E-state index < -0.39 is 23.1 Å².